The normalized spacial score (nSPS) is 15.5. The van der Waals surface area contributed by atoms with Crippen LogP contribution in [-0.4, -0.2) is 18.6 Å². The number of hydrogen-bond donors (Lipinski definition) is 1. The third-order valence-electron chi connectivity index (χ3n) is 4.67. The number of fused-ring (bicyclic) bond motifs is 1. The van der Waals surface area contributed by atoms with Gasteiger partial charge in [-0.25, -0.2) is 0 Å². The molecule has 4 heteroatoms. The fourth-order valence-electron chi connectivity index (χ4n) is 3.57. The lowest BCUT2D eigenvalue weighted by Gasteiger charge is -2.12. The van der Waals surface area contributed by atoms with Crippen molar-refractivity contribution in [1.82, 2.24) is 0 Å². The third kappa shape index (κ3) is 4.33. The van der Waals surface area contributed by atoms with Gasteiger partial charge in [-0.1, -0.05) is 17.7 Å². The van der Waals surface area contributed by atoms with Crippen LogP contribution < -0.4 is 14.8 Å². The molecule has 0 saturated heterocycles. The van der Waals surface area contributed by atoms with E-state index in [9.17, 15) is 4.79 Å². The van der Waals surface area contributed by atoms with Gasteiger partial charge in [-0.2, -0.15) is 0 Å². The summed E-state index contributed by atoms with van der Waals surface area (Å²) in [5.74, 6) is 1.49. The molecule has 4 nitrogen and oxygen atoms in total. The van der Waals surface area contributed by atoms with E-state index in [4.69, 9.17) is 9.47 Å². The van der Waals surface area contributed by atoms with Crippen LogP contribution in [0.3, 0.4) is 0 Å². The van der Waals surface area contributed by atoms with Crippen LogP contribution in [0.15, 0.2) is 30.3 Å². The van der Waals surface area contributed by atoms with Gasteiger partial charge < -0.3 is 14.8 Å². The Kier molecular flexibility index (Phi) is 5.54. The van der Waals surface area contributed by atoms with Gasteiger partial charge in [-0.05, 0) is 64.0 Å². The number of aryl methyl sites for hydroxylation is 3. The molecule has 0 spiro atoms. The Labute approximate surface area is 161 Å². The van der Waals surface area contributed by atoms with Crippen LogP contribution in [0.1, 0.15) is 41.7 Å². The Hall–Kier alpha value is -2.75. The molecule has 0 radical (unpaired) electrons. The highest BCUT2D eigenvalue weighted by molar-refractivity contribution is 6.03. The first-order valence-electron chi connectivity index (χ1n) is 9.40. The first-order chi connectivity index (χ1) is 12.9. The van der Waals surface area contributed by atoms with Crippen LogP contribution in [0.2, 0.25) is 0 Å². The maximum atomic E-state index is 12.5. The molecule has 0 aliphatic carbocycles. The maximum absolute atomic E-state index is 12.5. The number of nitrogens with one attached hydrogen (secondary N) is 1. The number of ether oxygens (including phenoxy) is 2. The van der Waals surface area contributed by atoms with Gasteiger partial charge in [0.25, 0.3) is 0 Å². The average molecular weight is 365 g/mol. The first-order valence-corrected chi connectivity index (χ1v) is 9.40. The molecule has 1 aliphatic rings. The molecule has 27 heavy (non-hydrogen) atoms. The lowest BCUT2D eigenvalue weighted by atomic mass is 10.0. The Morgan fingerprint density at radius 1 is 1.22 bits per heavy atom. The summed E-state index contributed by atoms with van der Waals surface area (Å²) in [5.41, 5.74) is 6.17. The molecule has 1 atom stereocenters. The standard InChI is InChI=1S/C23H27NO3/c1-6-26-20-13-19-11-17(5)27-21(19)12-18(20)7-8-22(25)24-23-15(3)9-14(2)10-16(23)4/h7-10,12-13,17H,6,11H2,1-5H3,(H,24,25)/b8-7+/t17-/m1/s1. The Balaban J connectivity index is 1.81. The van der Waals surface area contributed by atoms with Crippen molar-refractivity contribution in [2.24, 2.45) is 0 Å². The minimum absolute atomic E-state index is 0.165. The van der Waals surface area contributed by atoms with E-state index in [1.807, 2.05) is 32.9 Å². The predicted molar refractivity (Wildman–Crippen MR) is 110 cm³/mol. The topological polar surface area (TPSA) is 47.6 Å². The Morgan fingerprint density at radius 3 is 2.59 bits per heavy atom. The zero-order valence-corrected chi connectivity index (χ0v) is 16.7. The van der Waals surface area contributed by atoms with Crippen LogP contribution in [0.25, 0.3) is 6.08 Å². The van der Waals surface area contributed by atoms with Gasteiger partial charge in [-0.3, -0.25) is 4.79 Å². The molecule has 0 unspecified atom stereocenters. The monoisotopic (exact) mass is 365 g/mol. The molecule has 0 saturated carbocycles. The van der Waals surface area contributed by atoms with E-state index >= 15 is 0 Å². The minimum Gasteiger partial charge on any atom is -0.493 e. The summed E-state index contributed by atoms with van der Waals surface area (Å²) < 4.78 is 11.6. The number of amides is 1. The van der Waals surface area contributed by atoms with Crippen LogP contribution in [0, 0.1) is 20.8 Å². The van der Waals surface area contributed by atoms with Crippen molar-refractivity contribution < 1.29 is 14.3 Å². The van der Waals surface area contributed by atoms with E-state index in [0.29, 0.717) is 6.61 Å². The molecule has 0 aromatic heterocycles. The van der Waals surface area contributed by atoms with Crippen molar-refractivity contribution >= 4 is 17.7 Å². The van der Waals surface area contributed by atoms with E-state index in [1.54, 1.807) is 12.2 Å². The molecule has 2 aromatic carbocycles. The first kappa shape index (κ1) is 19.0. The number of carbonyl (C=O) groups excluding carboxylic acids is 1. The Bertz CT molecular complexity index is 876. The molecule has 1 aliphatic heterocycles. The summed E-state index contributed by atoms with van der Waals surface area (Å²) >= 11 is 0. The molecule has 1 amide bonds. The van der Waals surface area contributed by atoms with Gasteiger partial charge in [0.05, 0.1) is 6.61 Å². The van der Waals surface area contributed by atoms with Crippen molar-refractivity contribution in [3.63, 3.8) is 0 Å². The fourth-order valence-corrected chi connectivity index (χ4v) is 3.57. The zero-order chi connectivity index (χ0) is 19.6. The highest BCUT2D eigenvalue weighted by Crippen LogP contribution is 2.35. The van der Waals surface area contributed by atoms with Crippen molar-refractivity contribution in [1.29, 1.82) is 0 Å². The molecule has 1 heterocycles. The number of benzene rings is 2. The average Bonchev–Trinajstić information content (AvgIpc) is 2.95. The summed E-state index contributed by atoms with van der Waals surface area (Å²) in [7, 11) is 0. The highest BCUT2D eigenvalue weighted by atomic mass is 16.5. The second-order valence-corrected chi connectivity index (χ2v) is 7.16. The van der Waals surface area contributed by atoms with Crippen molar-refractivity contribution in [3.05, 3.63) is 58.2 Å². The highest BCUT2D eigenvalue weighted by Gasteiger charge is 2.21. The van der Waals surface area contributed by atoms with E-state index in [1.165, 1.54) is 5.56 Å². The summed E-state index contributed by atoms with van der Waals surface area (Å²) in [4.78, 5) is 12.5. The lowest BCUT2D eigenvalue weighted by Crippen LogP contribution is -2.10. The van der Waals surface area contributed by atoms with Crippen molar-refractivity contribution in [3.8, 4) is 11.5 Å². The largest absolute Gasteiger partial charge is 0.493 e. The Morgan fingerprint density at radius 2 is 1.93 bits per heavy atom. The van der Waals surface area contributed by atoms with Gasteiger partial charge in [0.1, 0.15) is 17.6 Å². The summed E-state index contributed by atoms with van der Waals surface area (Å²) in [5, 5.41) is 2.99. The van der Waals surface area contributed by atoms with Crippen LogP contribution >= 0.6 is 0 Å². The van der Waals surface area contributed by atoms with Gasteiger partial charge in [0, 0.05) is 29.3 Å². The van der Waals surface area contributed by atoms with Crippen LogP contribution in [0.5, 0.6) is 11.5 Å². The van der Waals surface area contributed by atoms with Gasteiger partial charge in [0.2, 0.25) is 5.91 Å². The second kappa shape index (κ2) is 7.87. The molecule has 2 aromatic rings. The van der Waals surface area contributed by atoms with Crippen molar-refractivity contribution in [2.45, 2.75) is 47.1 Å². The molecular weight excluding hydrogens is 338 g/mol. The van der Waals surface area contributed by atoms with Crippen molar-refractivity contribution in [2.75, 3.05) is 11.9 Å². The van der Waals surface area contributed by atoms with Gasteiger partial charge in [-0.15, -0.1) is 0 Å². The number of carbonyl (C=O) groups is 1. The summed E-state index contributed by atoms with van der Waals surface area (Å²) in [6.45, 7) is 10.6. The van der Waals surface area contributed by atoms with Crippen LogP contribution in [-0.2, 0) is 11.2 Å². The number of anilines is 1. The summed E-state index contributed by atoms with van der Waals surface area (Å²) in [6.07, 6.45) is 4.38. The zero-order valence-electron chi connectivity index (χ0n) is 16.7. The van der Waals surface area contributed by atoms with Gasteiger partial charge in [0.15, 0.2) is 0 Å². The fraction of sp³-hybridized carbons (Fsp3) is 0.348. The molecule has 3 rings (SSSR count). The van der Waals surface area contributed by atoms with E-state index in [2.05, 4.69) is 31.3 Å². The lowest BCUT2D eigenvalue weighted by molar-refractivity contribution is -0.111. The number of rotatable bonds is 5. The van der Waals surface area contributed by atoms with Gasteiger partial charge >= 0.3 is 0 Å². The van der Waals surface area contributed by atoms with E-state index < -0.39 is 0 Å². The number of hydrogen-bond acceptors (Lipinski definition) is 3. The smallest absolute Gasteiger partial charge is 0.248 e. The molecule has 142 valence electrons. The second-order valence-electron chi connectivity index (χ2n) is 7.16. The quantitative estimate of drug-likeness (QED) is 0.760. The molecule has 0 bridgehead atoms. The van der Waals surface area contributed by atoms with Crippen LogP contribution in [0.4, 0.5) is 5.69 Å². The molecule has 0 fully saturated rings. The summed E-state index contributed by atoms with van der Waals surface area (Å²) in [6, 6.07) is 8.11. The third-order valence-corrected chi connectivity index (χ3v) is 4.67. The molecule has 1 N–H and O–H groups in total. The SMILES string of the molecule is CCOc1cc2c(cc1/C=C/C(=O)Nc1c(C)cc(C)cc1C)O[C@H](C)C2. The predicted octanol–water partition coefficient (Wildman–Crippen LogP) is 4.99. The molecular formula is C23H27NO3. The maximum Gasteiger partial charge on any atom is 0.248 e. The van der Waals surface area contributed by atoms with E-state index in [0.717, 1.165) is 45.9 Å². The van der Waals surface area contributed by atoms with E-state index in [-0.39, 0.29) is 12.0 Å². The minimum atomic E-state index is -0.165.